The predicted octanol–water partition coefficient (Wildman–Crippen LogP) is 0.820. The van der Waals surface area contributed by atoms with E-state index in [1.165, 1.54) is 0 Å². The third-order valence-corrected chi connectivity index (χ3v) is 2.57. The quantitative estimate of drug-likeness (QED) is 0.715. The van der Waals surface area contributed by atoms with Crippen LogP contribution in [0.1, 0.15) is 19.8 Å². The molecule has 1 aliphatic rings. The minimum atomic E-state index is -0.668. The van der Waals surface area contributed by atoms with Crippen molar-refractivity contribution in [2.24, 2.45) is 5.92 Å². The third-order valence-electron chi connectivity index (χ3n) is 2.57. The maximum Gasteiger partial charge on any atom is 0.307 e. The standard InChI is InChI=1S/C10H19NO3/c1-2-3-9(10(12)13)8-11-4-6-14-7-5-11/h9H,2-8H2,1H3,(H,12,13). The molecular weight excluding hydrogens is 182 g/mol. The number of hydrogen-bond acceptors (Lipinski definition) is 3. The molecule has 4 nitrogen and oxygen atoms in total. The molecule has 1 heterocycles. The van der Waals surface area contributed by atoms with Gasteiger partial charge in [0.05, 0.1) is 19.1 Å². The van der Waals surface area contributed by atoms with Crippen LogP contribution >= 0.6 is 0 Å². The van der Waals surface area contributed by atoms with Crippen LogP contribution in [0.2, 0.25) is 0 Å². The van der Waals surface area contributed by atoms with Crippen molar-refractivity contribution in [3.8, 4) is 0 Å². The molecule has 4 heteroatoms. The van der Waals surface area contributed by atoms with Gasteiger partial charge in [-0.3, -0.25) is 9.69 Å². The molecule has 1 aliphatic heterocycles. The lowest BCUT2D eigenvalue weighted by molar-refractivity contribution is -0.143. The number of nitrogens with zero attached hydrogens (tertiary/aromatic N) is 1. The molecule has 0 radical (unpaired) electrons. The normalized spacial score (nSPS) is 20.6. The number of aliphatic carboxylic acids is 1. The molecule has 0 amide bonds. The van der Waals surface area contributed by atoms with Gasteiger partial charge >= 0.3 is 5.97 Å². The molecule has 0 aromatic heterocycles. The lowest BCUT2D eigenvalue weighted by atomic mass is 10.0. The van der Waals surface area contributed by atoms with Crippen LogP contribution in [0.3, 0.4) is 0 Å². The van der Waals surface area contributed by atoms with E-state index in [-0.39, 0.29) is 5.92 Å². The average Bonchev–Trinajstić information content (AvgIpc) is 2.18. The predicted molar refractivity (Wildman–Crippen MR) is 53.3 cm³/mol. The maximum absolute atomic E-state index is 10.9. The van der Waals surface area contributed by atoms with Crippen LogP contribution in [0.15, 0.2) is 0 Å². The summed E-state index contributed by atoms with van der Waals surface area (Å²) in [5.74, 6) is -0.878. The monoisotopic (exact) mass is 201 g/mol. The number of carbonyl (C=O) groups is 1. The highest BCUT2D eigenvalue weighted by Crippen LogP contribution is 2.10. The summed E-state index contributed by atoms with van der Waals surface area (Å²) >= 11 is 0. The first-order valence-electron chi connectivity index (χ1n) is 5.27. The highest BCUT2D eigenvalue weighted by atomic mass is 16.5. The van der Waals surface area contributed by atoms with Crippen LogP contribution in [0.25, 0.3) is 0 Å². The summed E-state index contributed by atoms with van der Waals surface area (Å²) < 4.78 is 5.21. The number of rotatable bonds is 5. The molecule has 82 valence electrons. The van der Waals surface area contributed by atoms with Gasteiger partial charge in [-0.1, -0.05) is 13.3 Å². The van der Waals surface area contributed by atoms with E-state index in [0.29, 0.717) is 6.54 Å². The Labute approximate surface area is 84.8 Å². The number of ether oxygens (including phenoxy) is 1. The molecule has 1 unspecified atom stereocenters. The van der Waals surface area contributed by atoms with Crippen molar-refractivity contribution in [3.63, 3.8) is 0 Å². The minimum Gasteiger partial charge on any atom is -0.481 e. The van der Waals surface area contributed by atoms with Crippen molar-refractivity contribution in [1.82, 2.24) is 4.90 Å². The number of carboxylic acids is 1. The second kappa shape index (κ2) is 5.98. The molecule has 1 fully saturated rings. The summed E-state index contributed by atoms with van der Waals surface area (Å²) in [6.07, 6.45) is 1.70. The zero-order valence-electron chi connectivity index (χ0n) is 8.74. The van der Waals surface area contributed by atoms with Crippen LogP contribution in [0, 0.1) is 5.92 Å². The van der Waals surface area contributed by atoms with Crippen molar-refractivity contribution in [2.75, 3.05) is 32.8 Å². The van der Waals surface area contributed by atoms with Crippen LogP contribution in [0.5, 0.6) is 0 Å². The fraction of sp³-hybridized carbons (Fsp3) is 0.900. The number of hydrogen-bond donors (Lipinski definition) is 1. The van der Waals surface area contributed by atoms with Gasteiger partial charge in [0.2, 0.25) is 0 Å². The molecule has 1 atom stereocenters. The second-order valence-corrected chi connectivity index (χ2v) is 3.74. The number of morpholine rings is 1. The smallest absolute Gasteiger partial charge is 0.307 e. The summed E-state index contributed by atoms with van der Waals surface area (Å²) in [7, 11) is 0. The Balaban J connectivity index is 2.33. The van der Waals surface area contributed by atoms with E-state index in [1.807, 2.05) is 6.92 Å². The fourth-order valence-corrected chi connectivity index (χ4v) is 1.74. The van der Waals surface area contributed by atoms with E-state index in [9.17, 15) is 4.79 Å². The Morgan fingerprint density at radius 1 is 1.50 bits per heavy atom. The molecule has 14 heavy (non-hydrogen) atoms. The van der Waals surface area contributed by atoms with Crippen LogP contribution in [0.4, 0.5) is 0 Å². The molecule has 0 spiro atoms. The maximum atomic E-state index is 10.9. The van der Waals surface area contributed by atoms with Crippen molar-refractivity contribution in [3.05, 3.63) is 0 Å². The van der Waals surface area contributed by atoms with Gasteiger partial charge < -0.3 is 9.84 Å². The largest absolute Gasteiger partial charge is 0.481 e. The van der Waals surface area contributed by atoms with Crippen molar-refractivity contribution in [1.29, 1.82) is 0 Å². The first-order valence-corrected chi connectivity index (χ1v) is 5.27. The molecule has 0 bridgehead atoms. The topological polar surface area (TPSA) is 49.8 Å². The van der Waals surface area contributed by atoms with E-state index in [0.717, 1.165) is 39.1 Å². The van der Waals surface area contributed by atoms with E-state index in [1.54, 1.807) is 0 Å². The SMILES string of the molecule is CCCC(CN1CCOCC1)C(=O)O. The molecular formula is C10H19NO3. The van der Waals surface area contributed by atoms with Gasteiger partial charge in [-0.2, -0.15) is 0 Å². The van der Waals surface area contributed by atoms with E-state index < -0.39 is 5.97 Å². The Hall–Kier alpha value is -0.610. The second-order valence-electron chi connectivity index (χ2n) is 3.74. The zero-order chi connectivity index (χ0) is 10.4. The van der Waals surface area contributed by atoms with E-state index in [4.69, 9.17) is 9.84 Å². The molecule has 0 aromatic rings. The fourth-order valence-electron chi connectivity index (χ4n) is 1.74. The molecule has 1 rings (SSSR count). The highest BCUT2D eigenvalue weighted by molar-refractivity contribution is 5.70. The summed E-state index contributed by atoms with van der Waals surface area (Å²) in [5.41, 5.74) is 0. The zero-order valence-corrected chi connectivity index (χ0v) is 8.74. The lowest BCUT2D eigenvalue weighted by Gasteiger charge is -2.28. The Morgan fingerprint density at radius 3 is 2.64 bits per heavy atom. The molecule has 0 saturated carbocycles. The Bertz CT molecular complexity index is 178. The van der Waals surface area contributed by atoms with Gasteiger partial charge in [0, 0.05) is 19.6 Å². The van der Waals surface area contributed by atoms with E-state index >= 15 is 0 Å². The Kier molecular flexibility index (Phi) is 4.90. The lowest BCUT2D eigenvalue weighted by Crippen LogP contribution is -2.41. The third kappa shape index (κ3) is 3.64. The molecule has 0 aromatic carbocycles. The van der Waals surface area contributed by atoms with Crippen LogP contribution in [-0.2, 0) is 9.53 Å². The minimum absolute atomic E-state index is 0.210. The highest BCUT2D eigenvalue weighted by Gasteiger charge is 2.21. The summed E-state index contributed by atoms with van der Waals surface area (Å²) in [5, 5.41) is 8.98. The van der Waals surface area contributed by atoms with Gasteiger partial charge in [0.1, 0.15) is 0 Å². The first kappa shape index (κ1) is 11.5. The van der Waals surface area contributed by atoms with Crippen molar-refractivity contribution < 1.29 is 14.6 Å². The van der Waals surface area contributed by atoms with Crippen molar-refractivity contribution in [2.45, 2.75) is 19.8 Å². The van der Waals surface area contributed by atoms with Crippen molar-refractivity contribution >= 4 is 5.97 Å². The Morgan fingerprint density at radius 2 is 2.14 bits per heavy atom. The van der Waals surface area contributed by atoms with Gasteiger partial charge in [0.15, 0.2) is 0 Å². The van der Waals surface area contributed by atoms with Gasteiger partial charge in [-0.05, 0) is 6.42 Å². The van der Waals surface area contributed by atoms with Gasteiger partial charge in [-0.25, -0.2) is 0 Å². The molecule has 1 N–H and O–H groups in total. The molecule has 0 aliphatic carbocycles. The van der Waals surface area contributed by atoms with E-state index in [2.05, 4.69) is 4.90 Å². The first-order chi connectivity index (χ1) is 6.74. The number of carboxylic acid groups (broad SMARTS) is 1. The summed E-state index contributed by atoms with van der Waals surface area (Å²) in [6.45, 7) is 5.90. The average molecular weight is 201 g/mol. The van der Waals surface area contributed by atoms with Crippen LogP contribution < -0.4 is 0 Å². The molecule has 1 saturated heterocycles. The van der Waals surface area contributed by atoms with Gasteiger partial charge in [-0.15, -0.1) is 0 Å². The summed E-state index contributed by atoms with van der Waals surface area (Å²) in [6, 6.07) is 0. The van der Waals surface area contributed by atoms with Crippen LogP contribution in [-0.4, -0.2) is 48.8 Å². The van der Waals surface area contributed by atoms with Gasteiger partial charge in [0.25, 0.3) is 0 Å². The summed E-state index contributed by atoms with van der Waals surface area (Å²) in [4.78, 5) is 13.1.